The fourth-order valence-electron chi connectivity index (χ4n) is 1.21. The van der Waals surface area contributed by atoms with Gasteiger partial charge in [-0.25, -0.2) is 0 Å². The molecule has 0 unspecified atom stereocenters. The zero-order valence-electron chi connectivity index (χ0n) is 11.0. The van der Waals surface area contributed by atoms with Crippen molar-refractivity contribution >= 4 is 29.5 Å². The summed E-state index contributed by atoms with van der Waals surface area (Å²) in [7, 11) is 0. The molecule has 0 saturated heterocycles. The molecule has 0 aliphatic rings. The van der Waals surface area contributed by atoms with Gasteiger partial charge in [0, 0.05) is 12.5 Å². The smallest absolute Gasteiger partial charge is 0.315 e. The molecule has 7 nitrogen and oxygen atoms in total. The largest absolute Gasteiger partial charge is 0.465 e. The number of aromatic nitrogens is 1. The summed E-state index contributed by atoms with van der Waals surface area (Å²) in [6, 6.07) is 3.56. The van der Waals surface area contributed by atoms with Crippen molar-refractivity contribution in [3.05, 3.63) is 11.8 Å². The number of nitriles is 1. The Morgan fingerprint density at radius 3 is 3.00 bits per heavy atom. The third kappa shape index (κ3) is 6.80. The van der Waals surface area contributed by atoms with Crippen LogP contribution >= 0.6 is 11.8 Å². The van der Waals surface area contributed by atoms with E-state index in [0.717, 1.165) is 11.8 Å². The monoisotopic (exact) mass is 297 g/mol. The second kappa shape index (κ2) is 8.98. The highest BCUT2D eigenvalue weighted by Gasteiger charge is 2.08. The lowest BCUT2D eigenvalue weighted by Gasteiger charge is -2.03. The van der Waals surface area contributed by atoms with Gasteiger partial charge in [-0.1, -0.05) is 5.16 Å². The van der Waals surface area contributed by atoms with Crippen LogP contribution < -0.4 is 5.32 Å². The highest BCUT2D eigenvalue weighted by molar-refractivity contribution is 8.00. The van der Waals surface area contributed by atoms with Crippen LogP contribution in [-0.2, 0) is 14.3 Å². The number of esters is 1. The van der Waals surface area contributed by atoms with Gasteiger partial charge in [-0.2, -0.15) is 5.26 Å². The minimum absolute atomic E-state index is 0.0951. The molecule has 1 aromatic heterocycles. The number of carbonyl (C=O) groups excluding carboxylic acids is 2. The highest BCUT2D eigenvalue weighted by atomic mass is 32.2. The van der Waals surface area contributed by atoms with E-state index < -0.39 is 5.97 Å². The lowest BCUT2D eigenvalue weighted by Crippen LogP contribution is -2.16. The summed E-state index contributed by atoms with van der Waals surface area (Å²) in [6.07, 6.45) is 0.888. The molecule has 1 aromatic rings. The predicted octanol–water partition coefficient (Wildman–Crippen LogP) is 1.50. The van der Waals surface area contributed by atoms with Gasteiger partial charge in [0.25, 0.3) is 0 Å². The Morgan fingerprint density at radius 2 is 2.35 bits per heavy atom. The molecule has 108 valence electrons. The molecule has 0 aromatic carbocycles. The second-order valence-corrected chi connectivity index (χ2v) is 4.83. The molecule has 1 amide bonds. The number of hydrogen-bond donors (Lipinski definition) is 1. The van der Waals surface area contributed by atoms with Gasteiger partial charge in [-0.05, 0) is 13.3 Å². The molecular weight excluding hydrogens is 282 g/mol. The number of amides is 1. The van der Waals surface area contributed by atoms with Crippen molar-refractivity contribution in [2.45, 2.75) is 19.8 Å². The molecule has 0 saturated carbocycles. The number of aryl methyl sites for hydroxylation is 1. The molecule has 0 bridgehead atoms. The van der Waals surface area contributed by atoms with E-state index in [4.69, 9.17) is 14.5 Å². The molecular formula is C12H15N3O4S. The van der Waals surface area contributed by atoms with Crippen molar-refractivity contribution in [1.29, 1.82) is 5.26 Å². The van der Waals surface area contributed by atoms with Crippen molar-refractivity contribution in [2.75, 3.05) is 23.4 Å². The fourth-order valence-corrected chi connectivity index (χ4v) is 1.82. The summed E-state index contributed by atoms with van der Waals surface area (Å²) in [6.45, 7) is 1.96. The van der Waals surface area contributed by atoms with Gasteiger partial charge >= 0.3 is 5.97 Å². The number of ether oxygens (including phenoxy) is 1. The minimum Gasteiger partial charge on any atom is -0.465 e. The molecule has 20 heavy (non-hydrogen) atoms. The van der Waals surface area contributed by atoms with E-state index in [2.05, 4.69) is 10.5 Å². The molecule has 0 atom stereocenters. The van der Waals surface area contributed by atoms with Crippen LogP contribution in [0.4, 0.5) is 5.82 Å². The Labute approximate surface area is 120 Å². The van der Waals surface area contributed by atoms with Crippen LogP contribution in [0.25, 0.3) is 0 Å². The number of thioether (sulfide) groups is 1. The average molecular weight is 297 g/mol. The maximum atomic E-state index is 11.5. The van der Waals surface area contributed by atoms with Crippen molar-refractivity contribution in [2.24, 2.45) is 0 Å². The lowest BCUT2D eigenvalue weighted by molar-refractivity contribution is -0.140. The molecule has 0 radical (unpaired) electrons. The Morgan fingerprint density at radius 1 is 1.55 bits per heavy atom. The maximum absolute atomic E-state index is 11.5. The van der Waals surface area contributed by atoms with Gasteiger partial charge in [0.2, 0.25) is 5.91 Å². The van der Waals surface area contributed by atoms with Crippen LogP contribution in [0.2, 0.25) is 0 Å². The Balaban J connectivity index is 2.09. The predicted molar refractivity (Wildman–Crippen MR) is 73.0 cm³/mol. The number of rotatable bonds is 8. The van der Waals surface area contributed by atoms with E-state index in [1.807, 2.05) is 6.07 Å². The highest BCUT2D eigenvalue weighted by Crippen LogP contribution is 2.08. The summed E-state index contributed by atoms with van der Waals surface area (Å²) in [5.41, 5.74) is 0. The molecule has 0 spiro atoms. The van der Waals surface area contributed by atoms with Gasteiger partial charge in [0.15, 0.2) is 5.82 Å². The number of hydrogen-bond acceptors (Lipinski definition) is 7. The Kier molecular flexibility index (Phi) is 7.21. The molecule has 0 aliphatic carbocycles. The first-order valence-corrected chi connectivity index (χ1v) is 7.11. The first kappa shape index (κ1) is 16.0. The zero-order chi connectivity index (χ0) is 14.8. The van der Waals surface area contributed by atoms with E-state index in [9.17, 15) is 9.59 Å². The lowest BCUT2D eigenvalue weighted by atomic mass is 10.3. The number of nitrogens with zero attached hydrogens (tertiary/aromatic N) is 2. The normalized spacial score (nSPS) is 9.80. The molecule has 0 aliphatic heterocycles. The van der Waals surface area contributed by atoms with Crippen molar-refractivity contribution in [3.8, 4) is 6.07 Å². The molecule has 1 N–H and O–H groups in total. The number of anilines is 1. The topological polar surface area (TPSA) is 105 Å². The van der Waals surface area contributed by atoms with E-state index in [-0.39, 0.29) is 24.0 Å². The molecule has 0 fully saturated rings. The quantitative estimate of drug-likeness (QED) is 0.572. The second-order valence-electron chi connectivity index (χ2n) is 3.85. The SMILES string of the molecule is Cc1cc(NC(=O)CSCC(=O)OCCCC#N)no1. The van der Waals surface area contributed by atoms with Crippen LogP contribution in [-0.4, -0.2) is 35.1 Å². The van der Waals surface area contributed by atoms with Gasteiger partial charge in [-0.3, -0.25) is 9.59 Å². The van der Waals surface area contributed by atoms with Crippen LogP contribution in [0.15, 0.2) is 10.6 Å². The first-order chi connectivity index (χ1) is 9.61. The third-order valence-corrected chi connectivity index (χ3v) is 2.95. The summed E-state index contributed by atoms with van der Waals surface area (Å²) >= 11 is 1.15. The zero-order valence-corrected chi connectivity index (χ0v) is 11.9. The van der Waals surface area contributed by atoms with Gasteiger partial charge < -0.3 is 14.6 Å². The molecule has 8 heteroatoms. The van der Waals surface area contributed by atoms with Crippen molar-refractivity contribution in [3.63, 3.8) is 0 Å². The summed E-state index contributed by atoms with van der Waals surface area (Å²) in [5.74, 6) is 0.525. The van der Waals surface area contributed by atoms with Gasteiger partial charge in [0.05, 0.1) is 24.2 Å². The van der Waals surface area contributed by atoms with E-state index in [0.29, 0.717) is 24.4 Å². The molecule has 1 heterocycles. The first-order valence-electron chi connectivity index (χ1n) is 5.95. The molecule has 1 rings (SSSR count). The Bertz CT molecular complexity index is 495. The van der Waals surface area contributed by atoms with Gasteiger partial charge in [0.1, 0.15) is 5.76 Å². The van der Waals surface area contributed by atoms with E-state index in [1.54, 1.807) is 13.0 Å². The summed E-state index contributed by atoms with van der Waals surface area (Å²) < 4.78 is 9.68. The van der Waals surface area contributed by atoms with Crippen LogP contribution in [0.5, 0.6) is 0 Å². The van der Waals surface area contributed by atoms with Crippen LogP contribution in [0.3, 0.4) is 0 Å². The summed E-state index contributed by atoms with van der Waals surface area (Å²) in [4.78, 5) is 22.8. The number of unbranched alkanes of at least 4 members (excludes halogenated alkanes) is 1. The summed E-state index contributed by atoms with van der Waals surface area (Å²) in [5, 5.41) is 14.5. The van der Waals surface area contributed by atoms with E-state index >= 15 is 0 Å². The van der Waals surface area contributed by atoms with E-state index in [1.165, 1.54) is 0 Å². The van der Waals surface area contributed by atoms with Crippen LogP contribution in [0.1, 0.15) is 18.6 Å². The standard InChI is InChI=1S/C12H15N3O4S/c1-9-6-10(15-19-9)14-11(16)7-20-8-12(17)18-5-3-2-4-13/h6H,2-3,5,7-8H2,1H3,(H,14,15,16). The van der Waals surface area contributed by atoms with Crippen molar-refractivity contribution in [1.82, 2.24) is 5.16 Å². The minimum atomic E-state index is -0.391. The van der Waals surface area contributed by atoms with Gasteiger partial charge in [-0.15, -0.1) is 11.8 Å². The number of carbonyl (C=O) groups is 2. The average Bonchev–Trinajstić information content (AvgIpc) is 2.80. The Hall–Kier alpha value is -2.01. The number of nitrogens with one attached hydrogen (secondary N) is 1. The van der Waals surface area contributed by atoms with Crippen molar-refractivity contribution < 1.29 is 18.8 Å². The fraction of sp³-hybridized carbons (Fsp3) is 0.500. The van der Waals surface area contributed by atoms with Crippen LogP contribution in [0, 0.1) is 18.3 Å². The third-order valence-electron chi connectivity index (χ3n) is 2.04. The maximum Gasteiger partial charge on any atom is 0.315 e.